The lowest BCUT2D eigenvalue weighted by Crippen LogP contribution is -2.51. The van der Waals surface area contributed by atoms with Crippen LogP contribution in [0.15, 0.2) is 16.5 Å². The van der Waals surface area contributed by atoms with Crippen LogP contribution in [-0.4, -0.2) is 48.6 Å². The van der Waals surface area contributed by atoms with E-state index in [-0.39, 0.29) is 12.5 Å². The molecule has 2 unspecified atom stereocenters. The molecule has 7 nitrogen and oxygen atoms in total. The smallest absolute Gasteiger partial charge is 0.177 e. The van der Waals surface area contributed by atoms with E-state index in [9.17, 15) is 0 Å². The van der Waals surface area contributed by atoms with Crippen LogP contribution in [0.3, 0.4) is 0 Å². The van der Waals surface area contributed by atoms with E-state index in [0.717, 1.165) is 43.4 Å². The average molecular weight is 334 g/mol. The number of rotatable bonds is 5. The minimum atomic E-state index is -0.0870. The van der Waals surface area contributed by atoms with E-state index in [1.807, 2.05) is 0 Å². The fourth-order valence-corrected chi connectivity index (χ4v) is 3.78. The van der Waals surface area contributed by atoms with Crippen molar-refractivity contribution in [3.8, 4) is 0 Å². The Kier molecular flexibility index (Phi) is 4.30. The molecule has 0 aromatic heterocycles. The number of hydrogen-bond donors (Lipinski definition) is 4. The van der Waals surface area contributed by atoms with Gasteiger partial charge in [0.15, 0.2) is 12.1 Å². The molecule has 7 heteroatoms. The van der Waals surface area contributed by atoms with Gasteiger partial charge in [0.05, 0.1) is 12.8 Å². The summed E-state index contributed by atoms with van der Waals surface area (Å²) in [5.41, 5.74) is 1.09. The minimum absolute atomic E-state index is 0.0870. The maximum absolute atomic E-state index is 6.31. The fourth-order valence-electron chi connectivity index (χ4n) is 3.78. The first-order valence-electron chi connectivity index (χ1n) is 9.44. The van der Waals surface area contributed by atoms with E-state index in [1.165, 1.54) is 12.8 Å². The first-order chi connectivity index (χ1) is 11.7. The normalized spacial score (nSPS) is 35.5. The molecule has 1 saturated heterocycles. The van der Waals surface area contributed by atoms with E-state index < -0.39 is 0 Å². The lowest BCUT2D eigenvalue weighted by molar-refractivity contribution is -0.0529. The van der Waals surface area contributed by atoms with E-state index in [4.69, 9.17) is 9.73 Å². The molecule has 4 N–H and O–H groups in total. The van der Waals surface area contributed by atoms with Gasteiger partial charge in [-0.15, -0.1) is 0 Å². The zero-order chi connectivity index (χ0) is 16.7. The number of nitrogens with one attached hydrogen (secondary N) is 4. The van der Waals surface area contributed by atoms with Crippen molar-refractivity contribution >= 4 is 5.84 Å². The van der Waals surface area contributed by atoms with Gasteiger partial charge in [0.25, 0.3) is 0 Å². The molecular formula is C17H30N6O. The SMILES string of the molecule is CCNC1N=C(NC2CC2)C2=C(N1)N([C@@H]1O[C@H](CC)CC1C)CN2. The molecule has 0 aromatic carbocycles. The Labute approximate surface area is 144 Å². The molecule has 0 bridgehead atoms. The van der Waals surface area contributed by atoms with Gasteiger partial charge in [-0.05, 0) is 32.2 Å². The molecule has 0 amide bonds. The summed E-state index contributed by atoms with van der Waals surface area (Å²) < 4.78 is 6.31. The summed E-state index contributed by atoms with van der Waals surface area (Å²) in [6, 6.07) is 0.583. The van der Waals surface area contributed by atoms with Crippen molar-refractivity contribution in [2.24, 2.45) is 10.9 Å². The maximum Gasteiger partial charge on any atom is 0.177 e. The average Bonchev–Trinajstić information content (AvgIpc) is 3.15. The Bertz CT molecular complexity index is 543. The third kappa shape index (κ3) is 2.95. The Morgan fingerprint density at radius 1 is 1.33 bits per heavy atom. The Morgan fingerprint density at radius 2 is 2.17 bits per heavy atom. The van der Waals surface area contributed by atoms with Crippen LogP contribution < -0.4 is 21.3 Å². The van der Waals surface area contributed by atoms with Crippen molar-refractivity contribution in [1.82, 2.24) is 26.2 Å². The van der Waals surface area contributed by atoms with Crippen LogP contribution in [0.5, 0.6) is 0 Å². The summed E-state index contributed by atoms with van der Waals surface area (Å²) in [5.74, 6) is 2.63. The molecule has 3 aliphatic heterocycles. The van der Waals surface area contributed by atoms with Gasteiger partial charge in [0.1, 0.15) is 17.7 Å². The molecule has 2 fully saturated rings. The molecule has 4 aliphatic rings. The highest BCUT2D eigenvalue weighted by Crippen LogP contribution is 2.34. The van der Waals surface area contributed by atoms with Crippen molar-refractivity contribution < 1.29 is 4.74 Å². The number of hydrogen-bond acceptors (Lipinski definition) is 7. The van der Waals surface area contributed by atoms with Crippen molar-refractivity contribution in [3.63, 3.8) is 0 Å². The highest BCUT2D eigenvalue weighted by atomic mass is 16.5. The van der Waals surface area contributed by atoms with E-state index in [1.54, 1.807) is 0 Å². The molecule has 1 saturated carbocycles. The van der Waals surface area contributed by atoms with Crippen molar-refractivity contribution in [1.29, 1.82) is 0 Å². The van der Waals surface area contributed by atoms with Crippen LogP contribution in [0.1, 0.15) is 46.5 Å². The standard InChI is InChI=1S/C17H30N6O/c1-4-12-8-10(3)16(24-12)23-9-19-13-14(20-11-6-7-11)21-17(18-5-2)22-15(13)23/h10-12,16-19,22H,4-9H2,1-3H3,(H,20,21)/t10?,12-,16-,17?/m1/s1. The molecule has 0 spiro atoms. The molecule has 0 aromatic rings. The molecular weight excluding hydrogens is 304 g/mol. The van der Waals surface area contributed by atoms with E-state index in [0.29, 0.717) is 18.1 Å². The highest BCUT2D eigenvalue weighted by molar-refractivity contribution is 5.99. The number of nitrogens with zero attached hydrogens (tertiary/aromatic N) is 2. The van der Waals surface area contributed by atoms with Gasteiger partial charge < -0.3 is 25.6 Å². The van der Waals surface area contributed by atoms with Crippen LogP contribution in [0.4, 0.5) is 0 Å². The number of ether oxygens (including phenoxy) is 1. The zero-order valence-electron chi connectivity index (χ0n) is 14.9. The predicted octanol–water partition coefficient (Wildman–Crippen LogP) is 0.826. The summed E-state index contributed by atoms with van der Waals surface area (Å²) in [5, 5.41) is 14.0. The van der Waals surface area contributed by atoms with Crippen LogP contribution >= 0.6 is 0 Å². The number of amidine groups is 1. The molecule has 4 rings (SSSR count). The first-order valence-corrected chi connectivity index (χ1v) is 9.44. The lowest BCUT2D eigenvalue weighted by atomic mass is 10.0. The van der Waals surface area contributed by atoms with Crippen molar-refractivity contribution in [2.45, 2.75) is 71.1 Å². The van der Waals surface area contributed by atoms with Crippen molar-refractivity contribution in [3.05, 3.63) is 11.5 Å². The van der Waals surface area contributed by atoms with E-state index >= 15 is 0 Å². The minimum Gasteiger partial charge on any atom is -0.366 e. The molecule has 1 aliphatic carbocycles. The van der Waals surface area contributed by atoms with Crippen LogP contribution in [0.25, 0.3) is 0 Å². The van der Waals surface area contributed by atoms with Gasteiger partial charge in [-0.1, -0.05) is 20.8 Å². The van der Waals surface area contributed by atoms with Crippen LogP contribution in [0.2, 0.25) is 0 Å². The number of aliphatic imine (C=N–C) groups is 1. The first kappa shape index (κ1) is 16.0. The third-order valence-electron chi connectivity index (χ3n) is 5.25. The summed E-state index contributed by atoms with van der Waals surface area (Å²) in [4.78, 5) is 7.14. The quantitative estimate of drug-likeness (QED) is 0.597. The Hall–Kier alpha value is -1.47. The summed E-state index contributed by atoms with van der Waals surface area (Å²) in [7, 11) is 0. The molecule has 134 valence electrons. The molecule has 0 radical (unpaired) electrons. The second-order valence-electron chi connectivity index (χ2n) is 7.30. The Balaban J connectivity index is 1.56. The summed E-state index contributed by atoms with van der Waals surface area (Å²) in [6.45, 7) is 8.25. The Morgan fingerprint density at radius 3 is 2.83 bits per heavy atom. The van der Waals surface area contributed by atoms with Crippen LogP contribution in [0, 0.1) is 5.92 Å². The monoisotopic (exact) mass is 334 g/mol. The van der Waals surface area contributed by atoms with Gasteiger partial charge in [0, 0.05) is 12.0 Å². The van der Waals surface area contributed by atoms with Gasteiger partial charge in [-0.25, -0.2) is 4.99 Å². The second-order valence-corrected chi connectivity index (χ2v) is 7.30. The molecule has 24 heavy (non-hydrogen) atoms. The van der Waals surface area contributed by atoms with Crippen LogP contribution in [-0.2, 0) is 4.74 Å². The van der Waals surface area contributed by atoms with Gasteiger partial charge >= 0.3 is 0 Å². The molecule has 4 atom stereocenters. The topological polar surface area (TPSA) is 73.0 Å². The van der Waals surface area contributed by atoms with Gasteiger partial charge in [0.2, 0.25) is 0 Å². The summed E-state index contributed by atoms with van der Waals surface area (Å²) in [6.07, 6.45) is 5.12. The van der Waals surface area contributed by atoms with E-state index in [2.05, 4.69) is 46.9 Å². The van der Waals surface area contributed by atoms with Crippen molar-refractivity contribution in [2.75, 3.05) is 13.2 Å². The summed E-state index contributed by atoms with van der Waals surface area (Å²) >= 11 is 0. The largest absolute Gasteiger partial charge is 0.366 e. The van der Waals surface area contributed by atoms with Gasteiger partial charge in [-0.2, -0.15) is 0 Å². The maximum atomic E-state index is 6.31. The molecule has 3 heterocycles. The van der Waals surface area contributed by atoms with Gasteiger partial charge in [-0.3, -0.25) is 5.32 Å². The fraction of sp³-hybridized carbons (Fsp3) is 0.824. The second kappa shape index (κ2) is 6.44. The predicted molar refractivity (Wildman–Crippen MR) is 93.8 cm³/mol. The third-order valence-corrected chi connectivity index (χ3v) is 5.25. The highest BCUT2D eigenvalue weighted by Gasteiger charge is 2.42. The lowest BCUT2D eigenvalue weighted by Gasteiger charge is -2.33. The zero-order valence-corrected chi connectivity index (χ0v) is 14.9.